The van der Waals surface area contributed by atoms with E-state index in [1.54, 1.807) is 0 Å². The number of rotatable bonds is 16. The normalized spacial score (nSPS) is 17.2. The highest BCUT2D eigenvalue weighted by Crippen LogP contribution is 2.14. The molecule has 0 spiro atoms. The Hall–Kier alpha value is 0.400. The molecule has 0 radical (unpaired) electrons. The zero-order chi connectivity index (χ0) is 18.2. The van der Waals surface area contributed by atoms with Crippen LogP contribution in [0.1, 0.15) is 104 Å². The maximum atomic E-state index is 2.70. The lowest BCUT2D eigenvalue weighted by Crippen LogP contribution is -3.00. The third kappa shape index (κ3) is 13.6. The summed E-state index contributed by atoms with van der Waals surface area (Å²) in [4.78, 5) is 2.70. The molecule has 1 saturated heterocycles. The van der Waals surface area contributed by atoms with Crippen molar-refractivity contribution in [2.24, 2.45) is 0 Å². The van der Waals surface area contributed by atoms with E-state index in [1.165, 1.54) is 134 Å². The second-order valence-electron chi connectivity index (χ2n) is 8.82. The van der Waals surface area contributed by atoms with E-state index in [0.29, 0.717) is 0 Å². The van der Waals surface area contributed by atoms with Gasteiger partial charge in [-0.15, -0.1) is 0 Å². The van der Waals surface area contributed by atoms with Crippen molar-refractivity contribution < 1.29 is 21.5 Å². The van der Waals surface area contributed by atoms with Crippen LogP contribution in [0.25, 0.3) is 0 Å². The molecule has 3 heteroatoms. The Morgan fingerprint density at radius 1 is 0.615 bits per heavy atom. The van der Waals surface area contributed by atoms with Gasteiger partial charge in [-0.25, -0.2) is 0 Å². The topological polar surface area (TPSA) is 3.24 Å². The zero-order valence-electron chi connectivity index (χ0n) is 18.4. The first kappa shape index (κ1) is 26.4. The van der Waals surface area contributed by atoms with Crippen molar-refractivity contribution in [3.8, 4) is 0 Å². The summed E-state index contributed by atoms with van der Waals surface area (Å²) in [5.74, 6) is 0. The summed E-state index contributed by atoms with van der Waals surface area (Å²) >= 11 is 0. The van der Waals surface area contributed by atoms with Crippen LogP contribution in [0.2, 0.25) is 0 Å². The fourth-order valence-electron chi connectivity index (χ4n) is 4.06. The number of likely N-dealkylation sites (N-methyl/N-ethyl adjacent to an activating group) is 1. The van der Waals surface area contributed by atoms with Crippen LogP contribution in [0.3, 0.4) is 0 Å². The van der Waals surface area contributed by atoms with Crippen LogP contribution in [-0.4, -0.2) is 55.7 Å². The van der Waals surface area contributed by atoms with Crippen molar-refractivity contribution >= 4 is 0 Å². The molecule has 1 aliphatic rings. The molecule has 1 rings (SSSR count). The lowest BCUT2D eigenvalue weighted by Gasteiger charge is -2.41. The Morgan fingerprint density at radius 2 is 1.00 bits per heavy atom. The van der Waals surface area contributed by atoms with Gasteiger partial charge in [0.2, 0.25) is 0 Å². The van der Waals surface area contributed by atoms with E-state index in [2.05, 4.69) is 25.8 Å². The summed E-state index contributed by atoms with van der Waals surface area (Å²) < 4.78 is 1.29. The van der Waals surface area contributed by atoms with Crippen LogP contribution in [0, 0.1) is 0 Å². The van der Waals surface area contributed by atoms with Crippen LogP contribution in [0.15, 0.2) is 0 Å². The average Bonchev–Trinajstić information content (AvgIpc) is 2.63. The van der Waals surface area contributed by atoms with Gasteiger partial charge in [0, 0.05) is 13.1 Å². The molecule has 0 amide bonds. The van der Waals surface area contributed by atoms with Gasteiger partial charge >= 0.3 is 0 Å². The summed E-state index contributed by atoms with van der Waals surface area (Å²) in [5.41, 5.74) is 0. The third-order valence-electron chi connectivity index (χ3n) is 6.50. The Kier molecular flexibility index (Phi) is 17.8. The maximum absolute atomic E-state index is 2.70. The fraction of sp³-hybridized carbons (Fsp3) is 1.00. The third-order valence-corrected chi connectivity index (χ3v) is 6.50. The highest BCUT2D eigenvalue weighted by atomic mass is 79.9. The number of piperazine rings is 1. The van der Waals surface area contributed by atoms with Gasteiger partial charge in [0.15, 0.2) is 0 Å². The molecule has 0 N–H and O–H groups in total. The molecule has 0 bridgehead atoms. The highest BCUT2D eigenvalue weighted by molar-refractivity contribution is 4.63. The van der Waals surface area contributed by atoms with Crippen molar-refractivity contribution in [3.05, 3.63) is 0 Å². The first-order chi connectivity index (χ1) is 12.2. The number of hydrogen-bond donors (Lipinski definition) is 0. The average molecular weight is 434 g/mol. The van der Waals surface area contributed by atoms with Gasteiger partial charge in [-0.1, -0.05) is 90.4 Å². The molecule has 1 aliphatic heterocycles. The lowest BCUT2D eigenvalue weighted by atomic mass is 10.0. The molecular formula is C23H49BrN2. The van der Waals surface area contributed by atoms with Gasteiger partial charge in [-0.2, -0.15) is 0 Å². The Balaban J connectivity index is 0.00000625. The number of hydrogen-bond acceptors (Lipinski definition) is 1. The SMILES string of the molecule is CCCCCCCCCCCCCCCCN1CC[N+](C)(CC)CC1.[Br-]. The Morgan fingerprint density at radius 3 is 1.38 bits per heavy atom. The van der Waals surface area contributed by atoms with Crippen molar-refractivity contribution in [1.82, 2.24) is 4.90 Å². The quantitative estimate of drug-likeness (QED) is 0.267. The van der Waals surface area contributed by atoms with Crippen molar-refractivity contribution in [1.29, 1.82) is 0 Å². The van der Waals surface area contributed by atoms with E-state index in [-0.39, 0.29) is 17.0 Å². The monoisotopic (exact) mass is 432 g/mol. The molecular weight excluding hydrogens is 384 g/mol. The van der Waals surface area contributed by atoms with E-state index >= 15 is 0 Å². The minimum atomic E-state index is 0. The van der Waals surface area contributed by atoms with Crippen molar-refractivity contribution in [2.75, 3.05) is 46.3 Å². The van der Waals surface area contributed by atoms with Crippen LogP contribution >= 0.6 is 0 Å². The van der Waals surface area contributed by atoms with Crippen LogP contribution in [0.5, 0.6) is 0 Å². The van der Waals surface area contributed by atoms with Gasteiger partial charge < -0.3 is 21.5 Å². The molecule has 0 aliphatic carbocycles. The largest absolute Gasteiger partial charge is 1.00 e. The van der Waals surface area contributed by atoms with Gasteiger partial charge in [0.05, 0.1) is 26.7 Å². The molecule has 0 aromatic carbocycles. The standard InChI is InChI=1S/C23H49N2.BrH/c1-4-6-7-8-9-10-11-12-13-14-15-16-17-18-19-24-20-22-25(3,5-2)23-21-24;/h4-23H2,1-3H3;1H/q+1;/p-1. The van der Waals surface area contributed by atoms with Crippen LogP contribution in [0.4, 0.5) is 0 Å². The van der Waals surface area contributed by atoms with Crippen LogP contribution < -0.4 is 17.0 Å². The number of halogens is 1. The summed E-state index contributed by atoms with van der Waals surface area (Å²) in [5, 5.41) is 0. The van der Waals surface area contributed by atoms with E-state index in [4.69, 9.17) is 0 Å². The number of unbranched alkanes of at least 4 members (excludes halogenated alkanes) is 13. The van der Waals surface area contributed by atoms with E-state index < -0.39 is 0 Å². The molecule has 0 aromatic rings. The first-order valence-electron chi connectivity index (χ1n) is 11.8. The first-order valence-corrected chi connectivity index (χ1v) is 11.8. The molecule has 0 atom stereocenters. The number of quaternary nitrogens is 1. The maximum Gasteiger partial charge on any atom is 0.0914 e. The second kappa shape index (κ2) is 17.5. The molecule has 1 fully saturated rings. The second-order valence-corrected chi connectivity index (χ2v) is 8.82. The van der Waals surface area contributed by atoms with Gasteiger partial charge in [-0.3, -0.25) is 4.90 Å². The summed E-state index contributed by atoms with van der Waals surface area (Å²) in [7, 11) is 2.42. The van der Waals surface area contributed by atoms with E-state index in [0.717, 1.165) is 0 Å². The summed E-state index contributed by atoms with van der Waals surface area (Å²) in [6.45, 7) is 12.6. The summed E-state index contributed by atoms with van der Waals surface area (Å²) in [6, 6.07) is 0. The predicted molar refractivity (Wildman–Crippen MR) is 113 cm³/mol. The zero-order valence-corrected chi connectivity index (χ0v) is 20.0. The van der Waals surface area contributed by atoms with Gasteiger partial charge in [0.1, 0.15) is 0 Å². The molecule has 0 aromatic heterocycles. The van der Waals surface area contributed by atoms with Crippen molar-refractivity contribution in [2.45, 2.75) is 104 Å². The van der Waals surface area contributed by atoms with E-state index in [1.807, 2.05) is 0 Å². The lowest BCUT2D eigenvalue weighted by molar-refractivity contribution is -0.911. The Bertz CT molecular complexity index is 288. The van der Waals surface area contributed by atoms with Gasteiger partial charge in [-0.05, 0) is 19.9 Å². The smallest absolute Gasteiger partial charge is 0.0914 e. The highest BCUT2D eigenvalue weighted by Gasteiger charge is 2.26. The van der Waals surface area contributed by atoms with Gasteiger partial charge in [0.25, 0.3) is 0 Å². The Labute approximate surface area is 176 Å². The van der Waals surface area contributed by atoms with E-state index in [9.17, 15) is 0 Å². The molecule has 2 nitrogen and oxygen atoms in total. The molecule has 1 heterocycles. The fourth-order valence-corrected chi connectivity index (χ4v) is 4.06. The van der Waals surface area contributed by atoms with Crippen molar-refractivity contribution in [3.63, 3.8) is 0 Å². The number of nitrogens with zero attached hydrogens (tertiary/aromatic N) is 2. The molecule has 158 valence electrons. The molecule has 0 unspecified atom stereocenters. The van der Waals surface area contributed by atoms with Crippen LogP contribution in [-0.2, 0) is 0 Å². The summed E-state index contributed by atoms with van der Waals surface area (Å²) in [6.07, 6.45) is 20.4. The minimum Gasteiger partial charge on any atom is -1.00 e. The predicted octanol–water partition coefficient (Wildman–Crippen LogP) is 3.25. The molecule has 0 saturated carbocycles. The molecule has 26 heavy (non-hydrogen) atoms. The minimum absolute atomic E-state index is 0.